The second kappa shape index (κ2) is 6.81. The summed E-state index contributed by atoms with van der Waals surface area (Å²) in [6, 6.07) is 10.9. The van der Waals surface area contributed by atoms with Gasteiger partial charge in [-0.1, -0.05) is 45.2 Å². The van der Waals surface area contributed by atoms with E-state index in [0.29, 0.717) is 16.5 Å². The van der Waals surface area contributed by atoms with Crippen LogP contribution in [-0.4, -0.2) is 7.11 Å². The Morgan fingerprint density at radius 3 is 2.45 bits per heavy atom. The fourth-order valence-corrected chi connectivity index (χ4v) is 3.20. The highest BCUT2D eigenvalue weighted by Crippen LogP contribution is 2.33. The molecule has 0 aliphatic rings. The van der Waals surface area contributed by atoms with Crippen molar-refractivity contribution in [3.8, 4) is 5.75 Å². The van der Waals surface area contributed by atoms with Crippen LogP contribution in [0.2, 0.25) is 10.0 Å². The number of ether oxygens (including phenoxy) is 1. The van der Waals surface area contributed by atoms with Crippen LogP contribution < -0.4 is 10.5 Å². The zero-order valence-electron chi connectivity index (χ0n) is 10.9. The van der Waals surface area contributed by atoms with Crippen LogP contribution in [0.1, 0.15) is 17.2 Å². The Balaban J connectivity index is 2.32. The van der Waals surface area contributed by atoms with Gasteiger partial charge in [-0.05, 0) is 42.3 Å². The fourth-order valence-electron chi connectivity index (χ4n) is 2.11. The molecule has 2 N–H and O–H groups in total. The minimum absolute atomic E-state index is 0.292. The van der Waals surface area contributed by atoms with E-state index in [4.69, 9.17) is 33.7 Å². The Kier molecular flexibility index (Phi) is 5.33. The predicted molar refractivity (Wildman–Crippen MR) is 87.8 cm³/mol. The molecule has 5 heteroatoms. The van der Waals surface area contributed by atoms with Crippen molar-refractivity contribution in [2.45, 2.75) is 12.5 Å². The average molecular weight is 375 g/mol. The molecule has 0 amide bonds. The monoisotopic (exact) mass is 373 g/mol. The highest BCUT2D eigenvalue weighted by atomic mass is 79.9. The third-order valence-electron chi connectivity index (χ3n) is 3.05. The van der Waals surface area contributed by atoms with Crippen molar-refractivity contribution in [1.29, 1.82) is 0 Å². The van der Waals surface area contributed by atoms with Gasteiger partial charge in [-0.3, -0.25) is 0 Å². The number of rotatable bonds is 4. The maximum absolute atomic E-state index is 6.26. The summed E-state index contributed by atoms with van der Waals surface area (Å²) in [6.45, 7) is 0. The Labute approximate surface area is 137 Å². The highest BCUT2D eigenvalue weighted by molar-refractivity contribution is 9.10. The number of benzene rings is 2. The second-order valence-corrected chi connectivity index (χ2v) is 6.13. The van der Waals surface area contributed by atoms with Crippen molar-refractivity contribution < 1.29 is 4.74 Å². The van der Waals surface area contributed by atoms with Crippen molar-refractivity contribution in [3.63, 3.8) is 0 Å². The second-order valence-electron chi connectivity index (χ2n) is 4.40. The van der Waals surface area contributed by atoms with E-state index in [1.807, 2.05) is 18.2 Å². The zero-order valence-corrected chi connectivity index (χ0v) is 14.0. The maximum Gasteiger partial charge on any atom is 0.122 e. The Morgan fingerprint density at radius 2 is 1.85 bits per heavy atom. The maximum atomic E-state index is 6.26. The first-order valence-electron chi connectivity index (χ1n) is 6.05. The van der Waals surface area contributed by atoms with Crippen LogP contribution in [0.15, 0.2) is 40.9 Å². The smallest absolute Gasteiger partial charge is 0.122 e. The molecule has 0 spiro atoms. The van der Waals surface area contributed by atoms with Crippen LogP contribution in [0.25, 0.3) is 0 Å². The predicted octanol–water partition coefficient (Wildman–Crippen LogP) is 5.01. The first-order valence-corrected chi connectivity index (χ1v) is 7.59. The van der Waals surface area contributed by atoms with Gasteiger partial charge in [-0.15, -0.1) is 0 Å². The molecule has 2 rings (SSSR count). The Hall–Kier alpha value is -0.740. The molecule has 1 unspecified atom stereocenters. The van der Waals surface area contributed by atoms with E-state index in [2.05, 4.69) is 15.9 Å². The molecule has 0 fully saturated rings. The van der Waals surface area contributed by atoms with Gasteiger partial charge in [0.2, 0.25) is 0 Å². The first kappa shape index (κ1) is 15.6. The highest BCUT2D eigenvalue weighted by Gasteiger charge is 2.16. The van der Waals surface area contributed by atoms with E-state index in [0.717, 1.165) is 21.3 Å². The topological polar surface area (TPSA) is 35.2 Å². The molecule has 106 valence electrons. The van der Waals surface area contributed by atoms with Gasteiger partial charge in [0.1, 0.15) is 5.75 Å². The lowest BCUT2D eigenvalue weighted by molar-refractivity contribution is 0.408. The van der Waals surface area contributed by atoms with Gasteiger partial charge in [0.15, 0.2) is 0 Å². The third-order valence-corrected chi connectivity index (χ3v) is 4.21. The van der Waals surface area contributed by atoms with Crippen LogP contribution in [0.4, 0.5) is 0 Å². The fraction of sp³-hybridized carbons (Fsp3) is 0.200. The first-order chi connectivity index (χ1) is 9.52. The van der Waals surface area contributed by atoms with Crippen LogP contribution in [0.5, 0.6) is 5.75 Å². The summed E-state index contributed by atoms with van der Waals surface area (Å²) in [7, 11) is 1.64. The molecule has 0 bridgehead atoms. The number of nitrogens with two attached hydrogens (primary N) is 1. The van der Waals surface area contributed by atoms with Crippen LogP contribution in [0, 0.1) is 0 Å². The molecule has 2 aromatic carbocycles. The van der Waals surface area contributed by atoms with E-state index >= 15 is 0 Å². The van der Waals surface area contributed by atoms with Crippen molar-refractivity contribution in [1.82, 2.24) is 0 Å². The molecule has 0 aliphatic heterocycles. The van der Waals surface area contributed by atoms with E-state index in [1.54, 1.807) is 25.3 Å². The number of hydrogen-bond donors (Lipinski definition) is 1. The Bertz CT molecular complexity index is 599. The lowest BCUT2D eigenvalue weighted by Crippen LogP contribution is -2.15. The summed E-state index contributed by atoms with van der Waals surface area (Å²) in [5.74, 6) is 0.798. The van der Waals surface area contributed by atoms with Crippen molar-refractivity contribution in [3.05, 3.63) is 62.0 Å². The van der Waals surface area contributed by atoms with E-state index in [1.165, 1.54) is 0 Å². The molecular weight excluding hydrogens is 361 g/mol. The lowest BCUT2D eigenvalue weighted by Gasteiger charge is -2.17. The van der Waals surface area contributed by atoms with E-state index < -0.39 is 0 Å². The van der Waals surface area contributed by atoms with Crippen LogP contribution in [-0.2, 0) is 6.42 Å². The average Bonchev–Trinajstić information content (AvgIpc) is 2.38. The molecule has 0 aliphatic carbocycles. The number of halogens is 3. The molecule has 0 heterocycles. The SMILES string of the molecule is COc1ccc(Br)cc1CC(N)c1c(Cl)cccc1Cl. The van der Waals surface area contributed by atoms with Crippen molar-refractivity contribution >= 4 is 39.1 Å². The number of methoxy groups -OCH3 is 1. The largest absolute Gasteiger partial charge is 0.496 e. The molecule has 2 aromatic rings. The van der Waals surface area contributed by atoms with Crippen molar-refractivity contribution in [2.24, 2.45) is 5.73 Å². The molecule has 2 nitrogen and oxygen atoms in total. The summed E-state index contributed by atoms with van der Waals surface area (Å²) in [5.41, 5.74) is 8.03. The van der Waals surface area contributed by atoms with Crippen LogP contribution in [0.3, 0.4) is 0 Å². The number of hydrogen-bond acceptors (Lipinski definition) is 2. The third kappa shape index (κ3) is 3.47. The minimum Gasteiger partial charge on any atom is -0.496 e. The summed E-state index contributed by atoms with van der Waals surface area (Å²) in [4.78, 5) is 0. The molecule has 1 atom stereocenters. The molecule has 0 aromatic heterocycles. The van der Waals surface area contributed by atoms with E-state index in [9.17, 15) is 0 Å². The van der Waals surface area contributed by atoms with Gasteiger partial charge in [0.25, 0.3) is 0 Å². The molecule has 0 saturated carbocycles. The summed E-state index contributed by atoms with van der Waals surface area (Å²) >= 11 is 15.8. The standard InChI is InChI=1S/C15H14BrCl2NO/c1-20-14-6-5-10(16)7-9(14)8-13(19)15-11(17)3-2-4-12(15)18/h2-7,13H,8,19H2,1H3. The van der Waals surface area contributed by atoms with Gasteiger partial charge < -0.3 is 10.5 Å². The Morgan fingerprint density at radius 1 is 1.20 bits per heavy atom. The van der Waals surface area contributed by atoms with E-state index in [-0.39, 0.29) is 6.04 Å². The normalized spacial score (nSPS) is 12.2. The summed E-state index contributed by atoms with van der Waals surface area (Å²) in [6.07, 6.45) is 0.589. The van der Waals surface area contributed by atoms with Gasteiger partial charge >= 0.3 is 0 Å². The van der Waals surface area contributed by atoms with Crippen molar-refractivity contribution in [2.75, 3.05) is 7.11 Å². The lowest BCUT2D eigenvalue weighted by atomic mass is 9.99. The summed E-state index contributed by atoms with van der Waals surface area (Å²) in [5, 5.41) is 1.16. The van der Waals surface area contributed by atoms with Gasteiger partial charge in [0, 0.05) is 26.1 Å². The van der Waals surface area contributed by atoms with Gasteiger partial charge in [0.05, 0.1) is 7.11 Å². The molecule has 0 saturated heterocycles. The minimum atomic E-state index is -0.292. The molecule has 0 radical (unpaired) electrons. The van der Waals surface area contributed by atoms with Gasteiger partial charge in [-0.2, -0.15) is 0 Å². The van der Waals surface area contributed by atoms with Gasteiger partial charge in [-0.25, -0.2) is 0 Å². The zero-order chi connectivity index (χ0) is 14.7. The molecular formula is C15H14BrCl2NO. The molecule has 20 heavy (non-hydrogen) atoms. The summed E-state index contributed by atoms with van der Waals surface area (Å²) < 4.78 is 6.33. The quantitative estimate of drug-likeness (QED) is 0.816. The van der Waals surface area contributed by atoms with Crippen LogP contribution >= 0.6 is 39.1 Å².